The van der Waals surface area contributed by atoms with E-state index in [0.717, 1.165) is 0 Å². The van der Waals surface area contributed by atoms with Crippen LogP contribution in [0, 0.1) is 0 Å². The molecule has 0 unspecified atom stereocenters. The van der Waals surface area contributed by atoms with E-state index in [0.29, 0.717) is 0 Å². The van der Waals surface area contributed by atoms with E-state index in [-0.39, 0.29) is 0 Å². The molecule has 0 aliphatic carbocycles. The van der Waals surface area contributed by atoms with E-state index in [1.54, 1.807) is 0 Å². The summed E-state index contributed by atoms with van der Waals surface area (Å²) in [5.74, 6) is 2.30. The molecule has 0 atom stereocenters. The molecule has 0 aromatic rings. The fourth-order valence-corrected chi connectivity index (χ4v) is 5.30. The van der Waals surface area contributed by atoms with Gasteiger partial charge >= 0.3 is 0 Å². The highest BCUT2D eigenvalue weighted by molar-refractivity contribution is 7.68. The second-order valence-corrected chi connectivity index (χ2v) is 7.56. The van der Waals surface area contributed by atoms with Gasteiger partial charge in [-0.1, -0.05) is 0 Å². The summed E-state index contributed by atoms with van der Waals surface area (Å²) in [6.07, 6.45) is 0. The summed E-state index contributed by atoms with van der Waals surface area (Å²) < 4.78 is 6.90. The van der Waals surface area contributed by atoms with Gasteiger partial charge in [0.05, 0.1) is 7.34 Å². The van der Waals surface area contributed by atoms with E-state index in [1.165, 1.54) is 0 Å². The molecule has 12 heavy (non-hydrogen) atoms. The fraction of sp³-hybridized carbons (Fsp3) is 0.875. The highest BCUT2D eigenvalue weighted by Crippen LogP contribution is 2.51. The Kier molecular flexibility index (Phi) is 4.49. The monoisotopic (exact) mass is 191 g/mol. The van der Waals surface area contributed by atoms with E-state index in [9.17, 15) is 0 Å². The number of rotatable bonds is 3. The highest BCUT2D eigenvalue weighted by atomic mass is 31.2. The van der Waals surface area contributed by atoms with Gasteiger partial charge in [0.1, 0.15) is 0 Å². The summed E-state index contributed by atoms with van der Waals surface area (Å²) in [6, 6.07) is 0. The third-order valence-electron chi connectivity index (χ3n) is 2.11. The number of hydrogen-bond donors (Lipinski definition) is 0. The molecular weight excluding hydrogens is 169 g/mol. The lowest BCUT2D eigenvalue weighted by Crippen LogP contribution is -2.31. The molecule has 0 aliphatic heterocycles. The molecule has 0 aliphatic rings. The maximum Gasteiger partial charge on any atom is 0.0758 e. The third-order valence-corrected chi connectivity index (χ3v) is 6.34. The normalized spacial score (nSPS) is 13.2. The lowest BCUT2D eigenvalue weighted by atomic mass is 11.0. The second-order valence-electron chi connectivity index (χ2n) is 3.41. The molecule has 0 amide bonds. The molecule has 0 bridgehead atoms. The molecule has 74 valence electrons. The first kappa shape index (κ1) is 12.2. The van der Waals surface area contributed by atoms with Crippen molar-refractivity contribution in [3.8, 4) is 0 Å². The fourth-order valence-electron chi connectivity index (χ4n) is 1.77. The van der Waals surface area contributed by atoms with Gasteiger partial charge in [-0.15, -0.1) is 0 Å². The maximum atomic E-state index is 2.30. The van der Waals surface area contributed by atoms with Crippen LogP contribution in [-0.4, -0.2) is 62.1 Å². The van der Waals surface area contributed by atoms with Crippen LogP contribution in [-0.2, 0) is 0 Å². The van der Waals surface area contributed by atoms with Crippen molar-refractivity contribution in [2.75, 3.05) is 42.3 Å². The zero-order valence-corrected chi connectivity index (χ0v) is 10.3. The van der Waals surface area contributed by atoms with Gasteiger partial charge in [0, 0.05) is 0 Å². The summed E-state index contributed by atoms with van der Waals surface area (Å²) in [4.78, 5) is 0. The van der Waals surface area contributed by atoms with Gasteiger partial charge in [0.15, 0.2) is 0 Å². The van der Waals surface area contributed by atoms with Gasteiger partial charge < -0.3 is 0 Å². The van der Waals surface area contributed by atoms with Crippen LogP contribution in [0.15, 0.2) is 0 Å². The average molecular weight is 191 g/mol. The number of hydrogen-bond acceptors (Lipinski definition) is 3. The molecule has 0 fully saturated rings. The van der Waals surface area contributed by atoms with Crippen LogP contribution in [0.4, 0.5) is 0 Å². The van der Waals surface area contributed by atoms with Crippen molar-refractivity contribution in [3.05, 3.63) is 0 Å². The minimum Gasteiger partial charge on any atom is -0.267 e. The zero-order chi connectivity index (χ0) is 9.94. The Labute approximate surface area is 77.1 Å². The first-order valence-electron chi connectivity index (χ1n) is 4.12. The average Bonchev–Trinajstić information content (AvgIpc) is 1.86. The Bertz CT molecular complexity index is 156. The molecule has 0 saturated carbocycles. The molecule has 0 N–H and O–H groups in total. The summed E-state index contributed by atoms with van der Waals surface area (Å²) in [6.45, 7) is 2.13. The second kappa shape index (κ2) is 4.43. The predicted molar refractivity (Wildman–Crippen MR) is 59.7 cm³/mol. The first-order valence-corrected chi connectivity index (χ1v) is 5.84. The molecule has 0 aromatic heterocycles. The SMILES string of the molecule is CC=P(N(C)C)(N(C)C)N(C)C. The Morgan fingerprint density at radius 1 is 0.750 bits per heavy atom. The lowest BCUT2D eigenvalue weighted by Gasteiger charge is -2.43. The van der Waals surface area contributed by atoms with Crippen molar-refractivity contribution >= 4 is 13.1 Å². The predicted octanol–water partition coefficient (Wildman–Crippen LogP) is 1.26. The van der Waals surface area contributed by atoms with E-state index >= 15 is 0 Å². The Balaban J connectivity index is 5.08. The van der Waals surface area contributed by atoms with Crippen LogP contribution < -0.4 is 0 Å². The van der Waals surface area contributed by atoms with Crippen molar-refractivity contribution in [3.63, 3.8) is 0 Å². The molecule has 0 radical (unpaired) electrons. The molecule has 0 heterocycles. The number of nitrogens with zero attached hydrogens (tertiary/aromatic N) is 3. The summed E-state index contributed by atoms with van der Waals surface area (Å²) in [5.41, 5.74) is 0. The smallest absolute Gasteiger partial charge is 0.0758 e. The Hall–Kier alpha value is 0.180. The van der Waals surface area contributed by atoms with E-state index in [2.05, 4.69) is 69.0 Å². The third kappa shape index (κ3) is 1.91. The molecule has 4 heteroatoms. The van der Waals surface area contributed by atoms with Crippen LogP contribution in [0.1, 0.15) is 6.92 Å². The quantitative estimate of drug-likeness (QED) is 0.622. The molecular formula is C8H22N3P. The van der Waals surface area contributed by atoms with Crippen LogP contribution in [0.3, 0.4) is 0 Å². The molecule has 3 nitrogen and oxygen atoms in total. The summed E-state index contributed by atoms with van der Waals surface area (Å²) in [5, 5.41) is 0. The van der Waals surface area contributed by atoms with Crippen LogP contribution in [0.2, 0.25) is 0 Å². The first-order chi connectivity index (χ1) is 5.39. The minimum absolute atomic E-state index is 1.32. The van der Waals surface area contributed by atoms with Crippen LogP contribution >= 0.6 is 7.34 Å². The summed E-state index contributed by atoms with van der Waals surface area (Å²) in [7, 11) is 11.5. The highest BCUT2D eigenvalue weighted by Gasteiger charge is 2.23. The zero-order valence-electron chi connectivity index (χ0n) is 9.37. The minimum atomic E-state index is -1.32. The van der Waals surface area contributed by atoms with Gasteiger partial charge in [0.25, 0.3) is 0 Å². The van der Waals surface area contributed by atoms with Crippen molar-refractivity contribution in [2.45, 2.75) is 6.92 Å². The van der Waals surface area contributed by atoms with E-state index in [1.807, 2.05) is 0 Å². The van der Waals surface area contributed by atoms with Gasteiger partial charge in [-0.25, -0.2) is 0 Å². The standard InChI is InChI=1S/C8H22N3P/c1-8-12(9(2)3,10(4)5)11(6)7/h8H,1-7H3. The van der Waals surface area contributed by atoms with Crippen molar-refractivity contribution in [1.82, 2.24) is 14.0 Å². The van der Waals surface area contributed by atoms with Crippen LogP contribution in [0.25, 0.3) is 0 Å². The molecule has 0 rings (SSSR count). The Morgan fingerprint density at radius 2 is 1.00 bits per heavy atom. The van der Waals surface area contributed by atoms with Crippen molar-refractivity contribution in [1.29, 1.82) is 0 Å². The molecule has 0 spiro atoms. The Morgan fingerprint density at radius 3 is 1.00 bits per heavy atom. The van der Waals surface area contributed by atoms with Crippen molar-refractivity contribution < 1.29 is 0 Å². The topological polar surface area (TPSA) is 9.72 Å². The van der Waals surface area contributed by atoms with Gasteiger partial charge in [0.2, 0.25) is 0 Å². The van der Waals surface area contributed by atoms with E-state index in [4.69, 9.17) is 0 Å². The lowest BCUT2D eigenvalue weighted by molar-refractivity contribution is 0.484. The van der Waals surface area contributed by atoms with Crippen molar-refractivity contribution in [2.24, 2.45) is 0 Å². The largest absolute Gasteiger partial charge is 0.267 e. The molecule has 0 saturated heterocycles. The summed E-state index contributed by atoms with van der Waals surface area (Å²) >= 11 is 0. The van der Waals surface area contributed by atoms with Gasteiger partial charge in [-0.05, 0) is 55.0 Å². The van der Waals surface area contributed by atoms with E-state index < -0.39 is 7.34 Å². The maximum absolute atomic E-state index is 2.30. The molecule has 0 aromatic carbocycles. The van der Waals surface area contributed by atoms with Gasteiger partial charge in [-0.3, -0.25) is 14.0 Å². The van der Waals surface area contributed by atoms with Gasteiger partial charge in [-0.2, -0.15) is 0 Å². The van der Waals surface area contributed by atoms with Crippen LogP contribution in [0.5, 0.6) is 0 Å².